The highest BCUT2D eigenvalue weighted by molar-refractivity contribution is 6.21. The van der Waals surface area contributed by atoms with Gasteiger partial charge in [0, 0.05) is 44.1 Å². The van der Waals surface area contributed by atoms with Gasteiger partial charge in [-0.15, -0.1) is 0 Å². The van der Waals surface area contributed by atoms with Gasteiger partial charge >= 0.3 is 0 Å². The number of hydrogen-bond donors (Lipinski definition) is 2. The van der Waals surface area contributed by atoms with Crippen LogP contribution in [0.25, 0.3) is 0 Å². The molecular weight excluding hydrogens is 404 g/mol. The Morgan fingerprint density at radius 1 is 1.03 bits per heavy atom. The maximum Gasteiger partial charge on any atom is 0.270 e. The molecule has 1 aliphatic carbocycles. The van der Waals surface area contributed by atoms with Crippen molar-refractivity contribution in [3.8, 4) is 0 Å². The van der Waals surface area contributed by atoms with Gasteiger partial charge in [0.25, 0.3) is 17.5 Å². The van der Waals surface area contributed by atoms with Gasteiger partial charge in [-0.25, -0.2) is 0 Å². The van der Waals surface area contributed by atoms with Crippen LogP contribution in [-0.4, -0.2) is 53.1 Å². The average molecular weight is 430 g/mol. The summed E-state index contributed by atoms with van der Waals surface area (Å²) in [5, 5.41) is 16.4. The third-order valence-electron chi connectivity index (χ3n) is 5.67. The van der Waals surface area contributed by atoms with E-state index < -0.39 is 16.7 Å². The highest BCUT2D eigenvalue weighted by Crippen LogP contribution is 2.27. The number of rotatable bonds is 9. The van der Waals surface area contributed by atoms with Crippen LogP contribution in [0, 0.1) is 16.0 Å². The van der Waals surface area contributed by atoms with E-state index >= 15 is 0 Å². The molecule has 10 nitrogen and oxygen atoms in total. The smallest absolute Gasteiger partial charge is 0.270 e. The van der Waals surface area contributed by atoms with Crippen LogP contribution in [0.4, 0.5) is 5.69 Å². The highest BCUT2D eigenvalue weighted by atomic mass is 16.6. The van der Waals surface area contributed by atoms with Crippen molar-refractivity contribution in [2.24, 2.45) is 5.92 Å². The minimum atomic E-state index is -0.622. The molecule has 4 amide bonds. The number of non-ortho nitro benzene ring substituents is 1. The van der Waals surface area contributed by atoms with E-state index in [0.29, 0.717) is 13.1 Å². The van der Waals surface area contributed by atoms with Gasteiger partial charge < -0.3 is 10.6 Å². The normalized spacial score (nSPS) is 16.2. The topological polar surface area (TPSA) is 139 Å². The summed E-state index contributed by atoms with van der Waals surface area (Å²) in [6.45, 7) is 0.720. The van der Waals surface area contributed by atoms with E-state index in [1.54, 1.807) is 0 Å². The van der Waals surface area contributed by atoms with Crippen LogP contribution in [0.2, 0.25) is 0 Å². The molecule has 1 saturated carbocycles. The second-order valence-corrected chi connectivity index (χ2v) is 7.83. The standard InChI is InChI=1S/C21H26N4O6/c26-18(22-10-11-23-19(27)14-5-2-1-3-6-14)7-4-12-24-20(28)16-9-8-15(25(30)31)13-17(16)21(24)29/h8-9,13-14H,1-7,10-12H2,(H,22,26)(H,23,27). The molecule has 0 saturated heterocycles. The van der Waals surface area contributed by atoms with E-state index in [9.17, 15) is 29.3 Å². The molecule has 0 spiro atoms. The fraction of sp³-hybridized carbons (Fsp3) is 0.524. The summed E-state index contributed by atoms with van der Waals surface area (Å²) >= 11 is 0. The molecule has 1 heterocycles. The Labute approximate surface area is 179 Å². The summed E-state index contributed by atoms with van der Waals surface area (Å²) in [6.07, 6.45) is 5.57. The van der Waals surface area contributed by atoms with E-state index in [0.717, 1.165) is 36.6 Å². The predicted octanol–water partition coefficient (Wildman–Crippen LogP) is 1.78. The Hall–Kier alpha value is -3.30. The summed E-state index contributed by atoms with van der Waals surface area (Å²) in [4.78, 5) is 60.0. The van der Waals surface area contributed by atoms with Gasteiger partial charge in [0.2, 0.25) is 11.8 Å². The molecule has 1 aromatic rings. The van der Waals surface area contributed by atoms with Gasteiger partial charge in [-0.2, -0.15) is 0 Å². The molecule has 0 bridgehead atoms. The molecule has 0 atom stereocenters. The Kier molecular flexibility index (Phi) is 7.32. The molecule has 1 aliphatic heterocycles. The number of nitro benzene ring substituents is 1. The van der Waals surface area contributed by atoms with Crippen LogP contribution in [-0.2, 0) is 9.59 Å². The fourth-order valence-corrected chi connectivity index (χ4v) is 3.98. The van der Waals surface area contributed by atoms with Crippen LogP contribution in [0.15, 0.2) is 18.2 Å². The zero-order valence-electron chi connectivity index (χ0n) is 17.2. The third kappa shape index (κ3) is 5.44. The number of fused-ring (bicyclic) bond motifs is 1. The Bertz CT molecular complexity index is 894. The Balaban J connectivity index is 1.36. The van der Waals surface area contributed by atoms with E-state index in [2.05, 4.69) is 10.6 Å². The predicted molar refractivity (Wildman–Crippen MR) is 110 cm³/mol. The lowest BCUT2D eigenvalue weighted by Gasteiger charge is -2.20. The molecule has 2 aliphatic rings. The number of hydrogen-bond acceptors (Lipinski definition) is 6. The number of imide groups is 1. The van der Waals surface area contributed by atoms with E-state index in [4.69, 9.17) is 0 Å². The summed E-state index contributed by atoms with van der Waals surface area (Å²) in [6, 6.07) is 3.57. The highest BCUT2D eigenvalue weighted by Gasteiger charge is 2.36. The van der Waals surface area contributed by atoms with Crippen LogP contribution >= 0.6 is 0 Å². The van der Waals surface area contributed by atoms with E-state index in [-0.39, 0.29) is 53.9 Å². The lowest BCUT2D eigenvalue weighted by Crippen LogP contribution is -2.38. The molecule has 1 fully saturated rings. The molecule has 2 N–H and O–H groups in total. The van der Waals surface area contributed by atoms with Crippen LogP contribution in [0.5, 0.6) is 0 Å². The molecule has 1 aromatic carbocycles. The first kappa shape index (κ1) is 22.4. The molecule has 0 unspecified atom stereocenters. The van der Waals surface area contributed by atoms with Crippen molar-refractivity contribution in [2.45, 2.75) is 44.9 Å². The second kappa shape index (κ2) is 10.1. The average Bonchev–Trinajstić information content (AvgIpc) is 3.01. The van der Waals surface area contributed by atoms with Gasteiger partial charge in [0.15, 0.2) is 0 Å². The number of carbonyl (C=O) groups excluding carboxylic acids is 4. The summed E-state index contributed by atoms with van der Waals surface area (Å²) < 4.78 is 0. The quantitative estimate of drug-likeness (QED) is 0.265. The third-order valence-corrected chi connectivity index (χ3v) is 5.67. The minimum absolute atomic E-state index is 0.0114. The zero-order valence-corrected chi connectivity index (χ0v) is 17.2. The van der Waals surface area contributed by atoms with Gasteiger partial charge in [-0.05, 0) is 25.3 Å². The summed E-state index contributed by atoms with van der Waals surface area (Å²) in [7, 11) is 0. The number of carbonyl (C=O) groups is 4. The minimum Gasteiger partial charge on any atom is -0.354 e. The van der Waals surface area contributed by atoms with Crippen molar-refractivity contribution in [3.05, 3.63) is 39.4 Å². The van der Waals surface area contributed by atoms with E-state index in [1.807, 2.05) is 0 Å². The molecule has 0 radical (unpaired) electrons. The molecule has 0 aromatic heterocycles. The molecular formula is C21H26N4O6. The zero-order chi connectivity index (χ0) is 22.4. The largest absolute Gasteiger partial charge is 0.354 e. The van der Waals surface area contributed by atoms with Crippen LogP contribution in [0.3, 0.4) is 0 Å². The first-order chi connectivity index (χ1) is 14.9. The number of nitrogens with zero attached hydrogens (tertiary/aromatic N) is 2. The number of nitro groups is 1. The van der Waals surface area contributed by atoms with Gasteiger partial charge in [-0.1, -0.05) is 19.3 Å². The van der Waals surface area contributed by atoms with Crippen molar-refractivity contribution >= 4 is 29.3 Å². The monoisotopic (exact) mass is 430 g/mol. The first-order valence-corrected chi connectivity index (χ1v) is 10.6. The molecule has 3 rings (SSSR count). The van der Waals surface area contributed by atoms with Crippen molar-refractivity contribution < 1.29 is 24.1 Å². The number of amides is 4. The second-order valence-electron chi connectivity index (χ2n) is 7.83. The maximum absolute atomic E-state index is 12.4. The van der Waals surface area contributed by atoms with Crippen molar-refractivity contribution in [3.63, 3.8) is 0 Å². The van der Waals surface area contributed by atoms with Crippen molar-refractivity contribution in [1.82, 2.24) is 15.5 Å². The SMILES string of the molecule is O=C(CCCN1C(=O)c2ccc([N+](=O)[O-])cc2C1=O)NCCNC(=O)C1CCCCC1. The fourth-order valence-electron chi connectivity index (χ4n) is 3.98. The van der Waals surface area contributed by atoms with E-state index in [1.165, 1.54) is 18.6 Å². The molecule has 166 valence electrons. The summed E-state index contributed by atoms with van der Waals surface area (Å²) in [5.41, 5.74) is -0.108. The summed E-state index contributed by atoms with van der Waals surface area (Å²) in [5.74, 6) is -1.22. The maximum atomic E-state index is 12.4. The number of benzene rings is 1. The lowest BCUT2D eigenvalue weighted by atomic mass is 9.89. The van der Waals surface area contributed by atoms with Crippen LogP contribution < -0.4 is 10.6 Å². The first-order valence-electron chi connectivity index (χ1n) is 10.6. The van der Waals surface area contributed by atoms with Gasteiger partial charge in [0.1, 0.15) is 0 Å². The van der Waals surface area contributed by atoms with Gasteiger partial charge in [0.05, 0.1) is 16.1 Å². The van der Waals surface area contributed by atoms with Crippen molar-refractivity contribution in [1.29, 1.82) is 0 Å². The van der Waals surface area contributed by atoms with Gasteiger partial charge in [-0.3, -0.25) is 34.2 Å². The Morgan fingerprint density at radius 2 is 1.71 bits per heavy atom. The van der Waals surface area contributed by atoms with Crippen molar-refractivity contribution in [2.75, 3.05) is 19.6 Å². The lowest BCUT2D eigenvalue weighted by molar-refractivity contribution is -0.384. The number of nitrogens with one attached hydrogen (secondary N) is 2. The Morgan fingerprint density at radius 3 is 2.42 bits per heavy atom. The van der Waals surface area contributed by atoms with Crippen LogP contribution in [0.1, 0.15) is 65.7 Å². The molecule has 31 heavy (non-hydrogen) atoms. The molecule has 10 heteroatoms.